The number of aromatic nitrogens is 2. The predicted molar refractivity (Wildman–Crippen MR) is 126 cm³/mol. The number of ether oxygens (including phenoxy) is 2. The van der Waals surface area contributed by atoms with Crippen LogP contribution in [0.2, 0.25) is 0 Å². The number of imidazole rings is 1. The van der Waals surface area contributed by atoms with Crippen LogP contribution in [0.25, 0.3) is 0 Å². The second-order valence-electron chi connectivity index (χ2n) is 6.89. The summed E-state index contributed by atoms with van der Waals surface area (Å²) in [6.07, 6.45) is 7.84. The molecule has 1 aromatic carbocycles. The van der Waals surface area contributed by atoms with Crippen LogP contribution >= 0.6 is 24.0 Å². The summed E-state index contributed by atoms with van der Waals surface area (Å²) in [7, 11) is 0. The third-order valence-corrected chi connectivity index (χ3v) is 4.53. The standard InChI is InChI=1S/C21H31N5O2.HI/c1-2-23-21(24-8-4-11-28-20-7-12-27-16-20)25-14-18-5-3-6-19(13-18)15-26-10-9-22-17-26;/h3,5-6,9-10,13,17,20H,2,4,7-8,11-12,14-16H2,1H3,(H2,23,24,25);1H. The van der Waals surface area contributed by atoms with E-state index < -0.39 is 0 Å². The van der Waals surface area contributed by atoms with Crippen molar-refractivity contribution in [2.24, 2.45) is 4.99 Å². The molecule has 7 nitrogen and oxygen atoms in total. The molecule has 1 aliphatic rings. The van der Waals surface area contributed by atoms with E-state index in [1.807, 2.05) is 12.5 Å². The van der Waals surface area contributed by atoms with Crippen LogP contribution in [0.5, 0.6) is 0 Å². The minimum Gasteiger partial charge on any atom is -0.379 e. The van der Waals surface area contributed by atoms with Crippen molar-refractivity contribution in [2.45, 2.75) is 39.0 Å². The summed E-state index contributed by atoms with van der Waals surface area (Å²) in [6, 6.07) is 8.53. The van der Waals surface area contributed by atoms with E-state index in [-0.39, 0.29) is 30.1 Å². The van der Waals surface area contributed by atoms with E-state index in [1.54, 1.807) is 6.20 Å². The van der Waals surface area contributed by atoms with Crippen molar-refractivity contribution in [3.63, 3.8) is 0 Å². The average Bonchev–Trinajstić information content (AvgIpc) is 3.40. The Morgan fingerprint density at radius 2 is 2.24 bits per heavy atom. The topological polar surface area (TPSA) is 72.7 Å². The molecule has 0 radical (unpaired) electrons. The lowest BCUT2D eigenvalue weighted by Gasteiger charge is -2.13. The lowest BCUT2D eigenvalue weighted by Crippen LogP contribution is -2.38. The summed E-state index contributed by atoms with van der Waals surface area (Å²) in [5.41, 5.74) is 2.44. The Bertz CT molecular complexity index is 718. The quantitative estimate of drug-likeness (QED) is 0.221. The SMILES string of the molecule is CCNC(=NCc1cccc(Cn2ccnc2)c1)NCCCOC1CCOC1.I. The molecule has 1 aromatic heterocycles. The first-order valence-electron chi connectivity index (χ1n) is 10.1. The van der Waals surface area contributed by atoms with Gasteiger partial charge < -0.3 is 24.7 Å². The van der Waals surface area contributed by atoms with Crippen LogP contribution in [0, 0.1) is 0 Å². The number of nitrogens with one attached hydrogen (secondary N) is 2. The fourth-order valence-corrected chi connectivity index (χ4v) is 3.10. The summed E-state index contributed by atoms with van der Waals surface area (Å²) >= 11 is 0. The van der Waals surface area contributed by atoms with Crippen LogP contribution in [0.1, 0.15) is 30.9 Å². The van der Waals surface area contributed by atoms with Crippen molar-refractivity contribution in [3.05, 3.63) is 54.1 Å². The van der Waals surface area contributed by atoms with Crippen LogP contribution in [-0.4, -0.2) is 54.5 Å². The Morgan fingerprint density at radius 3 is 3.00 bits per heavy atom. The van der Waals surface area contributed by atoms with Gasteiger partial charge in [-0.05, 0) is 30.9 Å². The van der Waals surface area contributed by atoms with E-state index >= 15 is 0 Å². The van der Waals surface area contributed by atoms with Crippen molar-refractivity contribution in [2.75, 3.05) is 32.9 Å². The molecule has 1 aliphatic heterocycles. The minimum atomic E-state index is 0. The van der Waals surface area contributed by atoms with E-state index in [0.29, 0.717) is 6.54 Å². The molecule has 0 aliphatic carbocycles. The molecule has 3 rings (SSSR count). The van der Waals surface area contributed by atoms with Gasteiger partial charge in [-0.2, -0.15) is 0 Å². The van der Waals surface area contributed by atoms with E-state index in [1.165, 1.54) is 11.1 Å². The Balaban J connectivity index is 0.00000300. The van der Waals surface area contributed by atoms with Gasteiger partial charge in [-0.3, -0.25) is 0 Å². The van der Waals surface area contributed by atoms with Gasteiger partial charge in [-0.1, -0.05) is 24.3 Å². The van der Waals surface area contributed by atoms with E-state index in [4.69, 9.17) is 14.5 Å². The van der Waals surface area contributed by atoms with Gasteiger partial charge >= 0.3 is 0 Å². The summed E-state index contributed by atoms with van der Waals surface area (Å²) in [5.74, 6) is 0.840. The highest BCUT2D eigenvalue weighted by Crippen LogP contribution is 2.09. The fourth-order valence-electron chi connectivity index (χ4n) is 3.10. The zero-order chi connectivity index (χ0) is 19.4. The number of rotatable bonds is 10. The lowest BCUT2D eigenvalue weighted by molar-refractivity contribution is 0.0420. The highest BCUT2D eigenvalue weighted by Gasteiger charge is 2.15. The molecular formula is C21H32IN5O2. The zero-order valence-corrected chi connectivity index (χ0v) is 19.4. The van der Waals surface area contributed by atoms with Gasteiger partial charge in [0.2, 0.25) is 0 Å². The Morgan fingerprint density at radius 1 is 1.34 bits per heavy atom. The molecule has 1 fully saturated rings. The van der Waals surface area contributed by atoms with Crippen LogP contribution < -0.4 is 10.6 Å². The molecule has 0 amide bonds. The van der Waals surface area contributed by atoms with Crippen LogP contribution in [0.3, 0.4) is 0 Å². The molecule has 1 saturated heterocycles. The van der Waals surface area contributed by atoms with E-state index in [2.05, 4.69) is 51.4 Å². The van der Waals surface area contributed by atoms with Crippen molar-refractivity contribution >= 4 is 29.9 Å². The van der Waals surface area contributed by atoms with Gasteiger partial charge in [0.15, 0.2) is 5.96 Å². The smallest absolute Gasteiger partial charge is 0.191 e. The molecule has 29 heavy (non-hydrogen) atoms. The van der Waals surface area contributed by atoms with E-state index in [9.17, 15) is 0 Å². The maximum Gasteiger partial charge on any atom is 0.191 e. The highest BCUT2D eigenvalue weighted by atomic mass is 127. The van der Waals surface area contributed by atoms with E-state index in [0.717, 1.165) is 58.3 Å². The van der Waals surface area contributed by atoms with Crippen LogP contribution in [0.4, 0.5) is 0 Å². The summed E-state index contributed by atoms with van der Waals surface area (Å²) in [5, 5.41) is 6.68. The first-order chi connectivity index (χ1) is 13.8. The van der Waals surface area contributed by atoms with Gasteiger partial charge in [0.05, 0.1) is 25.6 Å². The molecule has 2 heterocycles. The van der Waals surface area contributed by atoms with Crippen LogP contribution in [0.15, 0.2) is 48.0 Å². The summed E-state index contributed by atoms with van der Waals surface area (Å²) < 4.78 is 13.2. The Labute approximate surface area is 190 Å². The number of hydrogen-bond acceptors (Lipinski definition) is 4. The van der Waals surface area contributed by atoms with Crippen molar-refractivity contribution in [1.82, 2.24) is 20.2 Å². The first-order valence-corrected chi connectivity index (χ1v) is 10.1. The monoisotopic (exact) mass is 513 g/mol. The van der Waals surface area contributed by atoms with Crippen LogP contribution in [-0.2, 0) is 22.6 Å². The number of guanidine groups is 1. The van der Waals surface area contributed by atoms with Crippen molar-refractivity contribution in [1.29, 1.82) is 0 Å². The molecule has 0 saturated carbocycles. The molecule has 0 spiro atoms. The molecule has 2 N–H and O–H groups in total. The lowest BCUT2D eigenvalue weighted by atomic mass is 10.1. The molecule has 8 heteroatoms. The first kappa shape index (κ1) is 23.6. The van der Waals surface area contributed by atoms with Crippen molar-refractivity contribution < 1.29 is 9.47 Å². The summed E-state index contributed by atoms with van der Waals surface area (Å²) in [4.78, 5) is 8.81. The molecule has 1 atom stereocenters. The zero-order valence-electron chi connectivity index (χ0n) is 17.0. The van der Waals surface area contributed by atoms with Gasteiger partial charge in [0.1, 0.15) is 0 Å². The second kappa shape index (κ2) is 13.6. The third-order valence-electron chi connectivity index (χ3n) is 4.53. The third kappa shape index (κ3) is 8.71. The van der Waals surface area contributed by atoms with Gasteiger partial charge in [0.25, 0.3) is 0 Å². The Kier molecular flexibility index (Phi) is 11.0. The average molecular weight is 513 g/mol. The maximum absolute atomic E-state index is 5.80. The van der Waals surface area contributed by atoms with Gasteiger partial charge in [-0.15, -0.1) is 24.0 Å². The largest absolute Gasteiger partial charge is 0.379 e. The number of nitrogens with zero attached hydrogens (tertiary/aromatic N) is 3. The molecular weight excluding hydrogens is 481 g/mol. The number of halogens is 1. The summed E-state index contributed by atoms with van der Waals surface area (Å²) in [6.45, 7) is 7.51. The normalized spacial score (nSPS) is 16.4. The van der Waals surface area contributed by atoms with Gasteiger partial charge in [0, 0.05) is 45.2 Å². The predicted octanol–water partition coefficient (Wildman–Crippen LogP) is 2.80. The molecule has 1 unspecified atom stereocenters. The highest BCUT2D eigenvalue weighted by molar-refractivity contribution is 14.0. The molecule has 160 valence electrons. The van der Waals surface area contributed by atoms with Gasteiger partial charge in [-0.25, -0.2) is 9.98 Å². The Hall–Kier alpha value is -1.65. The minimum absolute atomic E-state index is 0. The fraction of sp³-hybridized carbons (Fsp3) is 0.524. The van der Waals surface area contributed by atoms with Crippen molar-refractivity contribution in [3.8, 4) is 0 Å². The second-order valence-corrected chi connectivity index (χ2v) is 6.89. The number of aliphatic imine (C=N–C) groups is 1. The molecule has 0 bridgehead atoms. The number of hydrogen-bond donors (Lipinski definition) is 2. The number of benzene rings is 1. The maximum atomic E-state index is 5.80. The molecule has 2 aromatic rings.